The van der Waals surface area contributed by atoms with Gasteiger partial charge >= 0.3 is 0 Å². The summed E-state index contributed by atoms with van der Waals surface area (Å²) in [5.74, 6) is 0.289. The molecule has 3 heteroatoms. The Labute approximate surface area is 119 Å². The van der Waals surface area contributed by atoms with Crippen molar-refractivity contribution < 1.29 is 5.11 Å². The molecule has 100 valence electrons. The van der Waals surface area contributed by atoms with Gasteiger partial charge in [-0.3, -0.25) is 0 Å². The van der Waals surface area contributed by atoms with Crippen LogP contribution in [0.1, 0.15) is 30.5 Å². The summed E-state index contributed by atoms with van der Waals surface area (Å²) in [6.45, 7) is 4.11. The van der Waals surface area contributed by atoms with Crippen molar-refractivity contribution in [3.63, 3.8) is 0 Å². The van der Waals surface area contributed by atoms with Crippen molar-refractivity contribution in [1.29, 1.82) is 0 Å². The summed E-state index contributed by atoms with van der Waals surface area (Å²) < 4.78 is 0. The Morgan fingerprint density at radius 3 is 2.42 bits per heavy atom. The highest BCUT2D eigenvalue weighted by Gasteiger charge is 2.09. The minimum absolute atomic E-state index is 0.208. The Balaban J connectivity index is 2.18. The minimum Gasteiger partial charge on any atom is -0.508 e. The van der Waals surface area contributed by atoms with Crippen LogP contribution in [0, 0.1) is 6.92 Å². The molecular formula is C16H18ClNO. The molecule has 0 bridgehead atoms. The second kappa shape index (κ2) is 5.98. The first kappa shape index (κ1) is 13.8. The SMILES string of the molecule is CCC(Nc1ccc(C)c(Cl)c1)c1ccc(O)cc1. The lowest BCUT2D eigenvalue weighted by Crippen LogP contribution is -2.09. The van der Waals surface area contributed by atoms with Crippen molar-refractivity contribution in [1.82, 2.24) is 0 Å². The lowest BCUT2D eigenvalue weighted by Gasteiger charge is -2.19. The normalized spacial score (nSPS) is 12.2. The molecule has 1 atom stereocenters. The quantitative estimate of drug-likeness (QED) is 0.830. The van der Waals surface area contributed by atoms with Crippen LogP contribution in [0.25, 0.3) is 0 Å². The van der Waals surface area contributed by atoms with E-state index in [4.69, 9.17) is 11.6 Å². The zero-order valence-electron chi connectivity index (χ0n) is 11.2. The van der Waals surface area contributed by atoms with Crippen LogP contribution in [-0.2, 0) is 0 Å². The second-order valence-electron chi connectivity index (χ2n) is 4.66. The summed E-state index contributed by atoms with van der Waals surface area (Å²) in [5.41, 5.74) is 3.23. The Kier molecular flexibility index (Phi) is 4.33. The summed E-state index contributed by atoms with van der Waals surface area (Å²) >= 11 is 6.13. The predicted molar refractivity (Wildman–Crippen MR) is 81.0 cm³/mol. The van der Waals surface area contributed by atoms with E-state index in [1.165, 1.54) is 0 Å². The van der Waals surface area contributed by atoms with E-state index < -0.39 is 0 Å². The summed E-state index contributed by atoms with van der Waals surface area (Å²) in [6.07, 6.45) is 0.955. The van der Waals surface area contributed by atoms with Gasteiger partial charge in [0.2, 0.25) is 0 Å². The van der Waals surface area contributed by atoms with Gasteiger partial charge in [-0.05, 0) is 48.7 Å². The average molecular weight is 276 g/mol. The molecule has 0 aliphatic rings. The summed E-state index contributed by atoms with van der Waals surface area (Å²) in [5, 5.41) is 13.6. The zero-order valence-corrected chi connectivity index (χ0v) is 11.9. The maximum absolute atomic E-state index is 9.33. The fourth-order valence-corrected chi connectivity index (χ4v) is 2.19. The third-order valence-corrected chi connectivity index (χ3v) is 3.62. The number of anilines is 1. The monoisotopic (exact) mass is 275 g/mol. The Morgan fingerprint density at radius 1 is 1.16 bits per heavy atom. The predicted octanol–water partition coefficient (Wildman–Crippen LogP) is 4.92. The lowest BCUT2D eigenvalue weighted by molar-refractivity contribution is 0.475. The van der Waals surface area contributed by atoms with E-state index in [1.54, 1.807) is 12.1 Å². The standard InChI is InChI=1S/C16H18ClNO/c1-3-16(12-5-8-14(19)9-6-12)18-13-7-4-11(2)15(17)10-13/h4-10,16,18-19H,3H2,1-2H3. The first-order valence-electron chi connectivity index (χ1n) is 6.41. The van der Waals surface area contributed by atoms with Gasteiger partial charge in [0.25, 0.3) is 0 Å². The van der Waals surface area contributed by atoms with Gasteiger partial charge < -0.3 is 10.4 Å². The molecule has 19 heavy (non-hydrogen) atoms. The van der Waals surface area contributed by atoms with Gasteiger partial charge in [-0.1, -0.05) is 36.7 Å². The molecule has 2 nitrogen and oxygen atoms in total. The topological polar surface area (TPSA) is 32.3 Å². The fourth-order valence-electron chi connectivity index (χ4n) is 2.01. The highest BCUT2D eigenvalue weighted by atomic mass is 35.5. The number of benzene rings is 2. The number of hydrogen-bond acceptors (Lipinski definition) is 2. The largest absolute Gasteiger partial charge is 0.508 e. The molecule has 0 heterocycles. The molecule has 2 aromatic rings. The summed E-state index contributed by atoms with van der Waals surface area (Å²) in [7, 11) is 0. The molecule has 0 fully saturated rings. The third kappa shape index (κ3) is 3.42. The van der Waals surface area contributed by atoms with Gasteiger partial charge in [0.05, 0.1) is 6.04 Å². The van der Waals surface area contributed by atoms with E-state index in [0.717, 1.165) is 28.3 Å². The highest BCUT2D eigenvalue weighted by molar-refractivity contribution is 6.31. The van der Waals surface area contributed by atoms with Gasteiger partial charge in [0.1, 0.15) is 5.75 Å². The molecule has 2 aromatic carbocycles. The second-order valence-corrected chi connectivity index (χ2v) is 5.07. The lowest BCUT2D eigenvalue weighted by atomic mass is 10.0. The van der Waals surface area contributed by atoms with Crippen LogP contribution in [0.2, 0.25) is 5.02 Å². The maximum Gasteiger partial charge on any atom is 0.115 e. The number of hydrogen-bond donors (Lipinski definition) is 2. The number of aromatic hydroxyl groups is 1. The zero-order chi connectivity index (χ0) is 13.8. The van der Waals surface area contributed by atoms with Crippen LogP contribution in [-0.4, -0.2) is 5.11 Å². The number of phenolic OH excluding ortho intramolecular Hbond substituents is 1. The molecule has 0 spiro atoms. The molecular weight excluding hydrogens is 258 g/mol. The Hall–Kier alpha value is -1.67. The van der Waals surface area contributed by atoms with E-state index >= 15 is 0 Å². The van der Waals surface area contributed by atoms with Crippen LogP contribution < -0.4 is 5.32 Å². The molecule has 0 saturated carbocycles. The molecule has 0 aliphatic carbocycles. The van der Waals surface area contributed by atoms with Crippen LogP contribution in [0.5, 0.6) is 5.75 Å². The van der Waals surface area contributed by atoms with E-state index in [1.807, 2.05) is 37.3 Å². The van der Waals surface area contributed by atoms with Crippen LogP contribution in [0.15, 0.2) is 42.5 Å². The molecule has 0 aliphatic heterocycles. The van der Waals surface area contributed by atoms with Crippen molar-refractivity contribution >= 4 is 17.3 Å². The van der Waals surface area contributed by atoms with E-state index in [-0.39, 0.29) is 11.8 Å². The van der Waals surface area contributed by atoms with Gasteiger partial charge in [-0.2, -0.15) is 0 Å². The van der Waals surface area contributed by atoms with Gasteiger partial charge in [-0.25, -0.2) is 0 Å². The van der Waals surface area contributed by atoms with Crippen LogP contribution >= 0.6 is 11.6 Å². The molecule has 0 amide bonds. The Morgan fingerprint density at radius 2 is 1.84 bits per heavy atom. The third-order valence-electron chi connectivity index (χ3n) is 3.22. The van der Waals surface area contributed by atoms with E-state index in [2.05, 4.69) is 12.2 Å². The maximum atomic E-state index is 9.33. The van der Waals surface area contributed by atoms with Crippen molar-refractivity contribution in [3.8, 4) is 5.75 Å². The first-order valence-corrected chi connectivity index (χ1v) is 6.79. The van der Waals surface area contributed by atoms with E-state index in [9.17, 15) is 5.11 Å². The van der Waals surface area contributed by atoms with Gasteiger partial charge in [0, 0.05) is 10.7 Å². The van der Waals surface area contributed by atoms with Crippen molar-refractivity contribution in [2.24, 2.45) is 0 Å². The van der Waals surface area contributed by atoms with Gasteiger partial charge in [-0.15, -0.1) is 0 Å². The summed E-state index contributed by atoms with van der Waals surface area (Å²) in [6, 6.07) is 13.5. The fraction of sp³-hybridized carbons (Fsp3) is 0.250. The highest BCUT2D eigenvalue weighted by Crippen LogP contribution is 2.26. The molecule has 2 rings (SSSR count). The Bertz CT molecular complexity index is 551. The minimum atomic E-state index is 0.208. The number of nitrogens with one attached hydrogen (secondary N) is 1. The number of halogens is 1. The smallest absolute Gasteiger partial charge is 0.115 e. The number of aryl methyl sites for hydroxylation is 1. The van der Waals surface area contributed by atoms with E-state index in [0.29, 0.717) is 0 Å². The molecule has 1 unspecified atom stereocenters. The number of phenols is 1. The van der Waals surface area contributed by atoms with Crippen molar-refractivity contribution in [2.75, 3.05) is 5.32 Å². The summed E-state index contributed by atoms with van der Waals surface area (Å²) in [4.78, 5) is 0. The molecule has 2 N–H and O–H groups in total. The molecule has 0 radical (unpaired) electrons. The first-order chi connectivity index (χ1) is 9.10. The average Bonchev–Trinajstić information content (AvgIpc) is 2.41. The molecule has 0 saturated heterocycles. The van der Waals surface area contributed by atoms with Gasteiger partial charge in [0.15, 0.2) is 0 Å². The van der Waals surface area contributed by atoms with Crippen molar-refractivity contribution in [3.05, 3.63) is 58.6 Å². The van der Waals surface area contributed by atoms with Crippen LogP contribution in [0.3, 0.4) is 0 Å². The molecule has 0 aromatic heterocycles. The number of rotatable bonds is 4. The van der Waals surface area contributed by atoms with Crippen LogP contribution in [0.4, 0.5) is 5.69 Å². The van der Waals surface area contributed by atoms with Crippen molar-refractivity contribution in [2.45, 2.75) is 26.3 Å².